The topological polar surface area (TPSA) is 49.5 Å². The molecule has 0 bridgehead atoms. The average Bonchev–Trinajstić information content (AvgIpc) is 3.14. The van der Waals surface area contributed by atoms with Crippen LogP contribution in [0.4, 0.5) is 18.9 Å². The molecule has 0 aromatic heterocycles. The summed E-state index contributed by atoms with van der Waals surface area (Å²) in [4.78, 5) is 1.93. The van der Waals surface area contributed by atoms with Crippen molar-refractivity contribution >= 4 is 17.3 Å². The van der Waals surface area contributed by atoms with Crippen LogP contribution in [0.2, 0.25) is 5.02 Å². The van der Waals surface area contributed by atoms with Crippen LogP contribution in [0, 0.1) is 0 Å². The Morgan fingerprint density at radius 3 is 2.55 bits per heavy atom. The second-order valence-electron chi connectivity index (χ2n) is 5.15. The van der Waals surface area contributed by atoms with Crippen molar-refractivity contribution < 1.29 is 18.3 Å². The van der Waals surface area contributed by atoms with Gasteiger partial charge in [-0.2, -0.15) is 13.2 Å². The standard InChI is InChI=1S/C13H16ClF3N2O/c1-19(8-2-3-8)6-11(20)7-4-9(13(15,16)17)12(18)10(14)5-7/h4-5,8,11,20H,2-3,6,18H2,1H3. The molecular formula is C13H16ClF3N2O. The van der Waals surface area contributed by atoms with Crippen molar-refractivity contribution in [3.05, 3.63) is 28.3 Å². The number of likely N-dealkylation sites (N-methyl/N-ethyl adjacent to an activating group) is 1. The Balaban J connectivity index is 2.24. The van der Waals surface area contributed by atoms with Crippen LogP contribution in [-0.2, 0) is 6.18 Å². The minimum absolute atomic E-state index is 0.129. The second kappa shape index (κ2) is 5.42. The smallest absolute Gasteiger partial charge is 0.397 e. The first kappa shape index (κ1) is 15.4. The monoisotopic (exact) mass is 308 g/mol. The molecule has 3 N–H and O–H groups in total. The first-order valence-corrected chi connectivity index (χ1v) is 6.62. The normalized spacial score (nSPS) is 17.6. The molecule has 1 saturated carbocycles. The van der Waals surface area contributed by atoms with Gasteiger partial charge < -0.3 is 15.7 Å². The van der Waals surface area contributed by atoms with Crippen molar-refractivity contribution in [3.63, 3.8) is 0 Å². The van der Waals surface area contributed by atoms with Gasteiger partial charge >= 0.3 is 6.18 Å². The lowest BCUT2D eigenvalue weighted by atomic mass is 10.0. The summed E-state index contributed by atoms with van der Waals surface area (Å²) in [6.45, 7) is 0.266. The van der Waals surface area contributed by atoms with Gasteiger partial charge in [-0.1, -0.05) is 11.6 Å². The van der Waals surface area contributed by atoms with Gasteiger partial charge in [-0.3, -0.25) is 0 Å². The summed E-state index contributed by atoms with van der Waals surface area (Å²) in [7, 11) is 1.84. The van der Waals surface area contributed by atoms with E-state index < -0.39 is 23.5 Å². The molecule has 3 nitrogen and oxygen atoms in total. The second-order valence-corrected chi connectivity index (χ2v) is 5.56. The molecule has 1 fully saturated rings. The largest absolute Gasteiger partial charge is 0.418 e. The fourth-order valence-corrected chi connectivity index (χ4v) is 2.34. The molecule has 0 saturated heterocycles. The lowest BCUT2D eigenvalue weighted by Crippen LogP contribution is -2.26. The first-order valence-electron chi connectivity index (χ1n) is 6.24. The van der Waals surface area contributed by atoms with Gasteiger partial charge in [0.25, 0.3) is 0 Å². The van der Waals surface area contributed by atoms with E-state index in [1.165, 1.54) is 6.07 Å². The molecule has 0 spiro atoms. The fourth-order valence-electron chi connectivity index (χ4n) is 2.11. The zero-order valence-electron chi connectivity index (χ0n) is 10.9. The maximum atomic E-state index is 12.8. The van der Waals surface area contributed by atoms with Gasteiger partial charge in [0.05, 0.1) is 22.4 Å². The third-order valence-corrected chi connectivity index (χ3v) is 3.79. The maximum Gasteiger partial charge on any atom is 0.418 e. The summed E-state index contributed by atoms with van der Waals surface area (Å²) >= 11 is 5.73. The minimum atomic E-state index is -4.59. The van der Waals surface area contributed by atoms with E-state index in [4.69, 9.17) is 17.3 Å². The van der Waals surface area contributed by atoms with Gasteiger partial charge in [-0.25, -0.2) is 0 Å². The maximum absolute atomic E-state index is 12.8. The van der Waals surface area contributed by atoms with Crippen LogP contribution in [0.15, 0.2) is 12.1 Å². The van der Waals surface area contributed by atoms with Gasteiger partial charge in [0, 0.05) is 12.6 Å². The number of nitrogen functional groups attached to an aromatic ring is 1. The van der Waals surface area contributed by atoms with Crippen LogP contribution in [0.3, 0.4) is 0 Å². The molecular weight excluding hydrogens is 293 g/mol. The van der Waals surface area contributed by atoms with Crippen molar-refractivity contribution in [2.75, 3.05) is 19.3 Å². The Kier molecular flexibility index (Phi) is 4.18. The number of hydrogen-bond donors (Lipinski definition) is 2. The molecule has 0 aliphatic heterocycles. The van der Waals surface area contributed by atoms with E-state index in [9.17, 15) is 18.3 Å². The van der Waals surface area contributed by atoms with Crippen molar-refractivity contribution in [1.82, 2.24) is 4.90 Å². The summed E-state index contributed by atoms with van der Waals surface area (Å²) in [5.41, 5.74) is 3.97. The van der Waals surface area contributed by atoms with Gasteiger partial charge in [0.15, 0.2) is 0 Å². The molecule has 7 heteroatoms. The summed E-state index contributed by atoms with van der Waals surface area (Å²) < 4.78 is 38.5. The fraction of sp³-hybridized carbons (Fsp3) is 0.538. The number of aliphatic hydroxyl groups is 1. The van der Waals surface area contributed by atoms with Gasteiger partial charge in [-0.15, -0.1) is 0 Å². The Morgan fingerprint density at radius 1 is 1.45 bits per heavy atom. The molecule has 0 heterocycles. The lowest BCUT2D eigenvalue weighted by Gasteiger charge is -2.22. The van der Waals surface area contributed by atoms with E-state index in [2.05, 4.69) is 0 Å². The van der Waals surface area contributed by atoms with E-state index in [0.29, 0.717) is 6.04 Å². The Labute approximate surface area is 120 Å². The van der Waals surface area contributed by atoms with E-state index in [1.807, 2.05) is 11.9 Å². The Bertz CT molecular complexity index is 503. The molecule has 1 aliphatic rings. The molecule has 112 valence electrons. The SMILES string of the molecule is CN(CC(O)c1cc(Cl)c(N)c(C(F)(F)F)c1)C1CC1. The highest BCUT2D eigenvalue weighted by molar-refractivity contribution is 6.33. The molecule has 2 rings (SSSR count). The lowest BCUT2D eigenvalue weighted by molar-refractivity contribution is -0.137. The quantitative estimate of drug-likeness (QED) is 0.841. The van der Waals surface area contributed by atoms with Crippen LogP contribution in [-0.4, -0.2) is 29.6 Å². The number of hydrogen-bond acceptors (Lipinski definition) is 3. The van der Waals surface area contributed by atoms with Crippen molar-refractivity contribution in [2.24, 2.45) is 0 Å². The molecule has 1 atom stereocenters. The number of alkyl halides is 3. The van der Waals surface area contributed by atoms with Crippen LogP contribution < -0.4 is 5.73 Å². The number of aliphatic hydroxyl groups excluding tert-OH is 1. The number of nitrogens with two attached hydrogens (primary N) is 1. The van der Waals surface area contributed by atoms with Crippen LogP contribution >= 0.6 is 11.6 Å². The summed E-state index contributed by atoms with van der Waals surface area (Å²) in [6.07, 6.45) is -3.51. The van der Waals surface area contributed by atoms with Crippen LogP contribution in [0.1, 0.15) is 30.1 Å². The number of benzene rings is 1. The Morgan fingerprint density at radius 2 is 2.05 bits per heavy atom. The number of halogens is 4. The van der Waals surface area contributed by atoms with Crippen molar-refractivity contribution in [1.29, 1.82) is 0 Å². The molecule has 1 aliphatic carbocycles. The number of rotatable bonds is 4. The van der Waals surface area contributed by atoms with Gasteiger partial charge in [-0.05, 0) is 37.6 Å². The highest BCUT2D eigenvalue weighted by Crippen LogP contribution is 2.39. The van der Waals surface area contributed by atoms with Gasteiger partial charge in [0.1, 0.15) is 0 Å². The average molecular weight is 309 g/mol. The molecule has 1 aromatic rings. The minimum Gasteiger partial charge on any atom is -0.397 e. The third kappa shape index (κ3) is 3.37. The molecule has 1 aromatic carbocycles. The predicted octanol–water partition coefficient (Wildman–Crippen LogP) is 3.07. The zero-order chi connectivity index (χ0) is 15.1. The van der Waals surface area contributed by atoms with E-state index >= 15 is 0 Å². The predicted molar refractivity (Wildman–Crippen MR) is 71.5 cm³/mol. The van der Waals surface area contributed by atoms with E-state index in [0.717, 1.165) is 18.9 Å². The molecule has 20 heavy (non-hydrogen) atoms. The Hall–Kier alpha value is -0.980. The third-order valence-electron chi connectivity index (χ3n) is 3.47. The molecule has 1 unspecified atom stereocenters. The van der Waals surface area contributed by atoms with Crippen LogP contribution in [0.5, 0.6) is 0 Å². The highest BCUT2D eigenvalue weighted by atomic mass is 35.5. The van der Waals surface area contributed by atoms with E-state index in [-0.39, 0.29) is 17.1 Å². The summed E-state index contributed by atoms with van der Waals surface area (Å²) in [5, 5.41) is 9.87. The summed E-state index contributed by atoms with van der Waals surface area (Å²) in [6, 6.07) is 2.57. The molecule has 0 radical (unpaired) electrons. The van der Waals surface area contributed by atoms with Crippen molar-refractivity contribution in [3.8, 4) is 0 Å². The van der Waals surface area contributed by atoms with Crippen LogP contribution in [0.25, 0.3) is 0 Å². The van der Waals surface area contributed by atoms with Crippen molar-refractivity contribution in [2.45, 2.75) is 31.2 Å². The number of anilines is 1. The zero-order valence-corrected chi connectivity index (χ0v) is 11.7. The number of nitrogens with zero attached hydrogens (tertiary/aromatic N) is 1. The van der Waals surface area contributed by atoms with Gasteiger partial charge in [0.2, 0.25) is 0 Å². The molecule has 0 amide bonds. The van der Waals surface area contributed by atoms with E-state index in [1.54, 1.807) is 0 Å². The summed E-state index contributed by atoms with van der Waals surface area (Å²) in [5.74, 6) is 0. The highest BCUT2D eigenvalue weighted by Gasteiger charge is 2.35. The first-order chi connectivity index (χ1) is 9.20.